The van der Waals surface area contributed by atoms with E-state index in [9.17, 15) is 29.3 Å². The van der Waals surface area contributed by atoms with Gasteiger partial charge in [-0.05, 0) is 45.0 Å². The van der Waals surface area contributed by atoms with E-state index in [4.69, 9.17) is 30.1 Å². The zero-order chi connectivity index (χ0) is 27.4. The summed E-state index contributed by atoms with van der Waals surface area (Å²) in [5, 5.41) is 23.6. The quantitative estimate of drug-likeness (QED) is 0.286. The molecule has 0 radical (unpaired) electrons. The summed E-state index contributed by atoms with van der Waals surface area (Å²) in [5.41, 5.74) is -3.15. The molecule has 13 nitrogen and oxygen atoms in total. The average Bonchev–Trinajstić information content (AvgIpc) is 3.10. The summed E-state index contributed by atoms with van der Waals surface area (Å²) in [5.74, 6) is -0.610. The van der Waals surface area contributed by atoms with Gasteiger partial charge in [-0.1, -0.05) is 11.6 Å². The minimum absolute atomic E-state index is 0.0917. The average molecular weight is 557 g/mol. The summed E-state index contributed by atoms with van der Waals surface area (Å²) in [7, 11) is -4.31. The summed E-state index contributed by atoms with van der Waals surface area (Å²) in [4.78, 5) is 37.9. The molecular formula is C22H26ClN4O9P. The molecule has 0 bridgehead atoms. The summed E-state index contributed by atoms with van der Waals surface area (Å²) < 4.78 is 36.3. The van der Waals surface area contributed by atoms with Gasteiger partial charge in [0.05, 0.1) is 19.3 Å². The Balaban J connectivity index is 1.85. The number of carbonyl (C=O) groups excluding carboxylic acids is 1. The number of nitrogens with zero attached hydrogens (tertiary/aromatic N) is 2. The van der Waals surface area contributed by atoms with Crippen LogP contribution in [0.5, 0.6) is 5.75 Å². The maximum Gasteiger partial charge on any atom is 0.459 e. The van der Waals surface area contributed by atoms with Gasteiger partial charge < -0.3 is 19.1 Å². The van der Waals surface area contributed by atoms with Crippen LogP contribution >= 0.6 is 19.3 Å². The third kappa shape index (κ3) is 6.48. The zero-order valence-corrected chi connectivity index (χ0v) is 21.8. The lowest BCUT2D eigenvalue weighted by Crippen LogP contribution is -2.41. The fourth-order valence-electron chi connectivity index (χ4n) is 3.58. The number of esters is 1. The molecule has 3 rings (SSSR count). The first-order chi connectivity index (χ1) is 17.4. The first-order valence-corrected chi connectivity index (χ1v) is 13.0. The van der Waals surface area contributed by atoms with Gasteiger partial charge in [-0.15, -0.1) is 0 Å². The number of aliphatic hydroxyl groups is 1. The number of carbonyl (C=O) groups is 1. The smallest absolute Gasteiger partial charge is 0.459 e. The van der Waals surface area contributed by atoms with Crippen LogP contribution in [0.4, 0.5) is 0 Å². The van der Waals surface area contributed by atoms with Crippen molar-refractivity contribution < 1.29 is 33.0 Å². The van der Waals surface area contributed by atoms with E-state index in [1.807, 2.05) is 6.07 Å². The predicted molar refractivity (Wildman–Crippen MR) is 130 cm³/mol. The summed E-state index contributed by atoms with van der Waals surface area (Å²) >= 11 is 5.88. The van der Waals surface area contributed by atoms with Gasteiger partial charge in [0.15, 0.2) is 6.23 Å². The van der Waals surface area contributed by atoms with Gasteiger partial charge in [0.1, 0.15) is 29.4 Å². The number of rotatable bonds is 10. The molecule has 0 saturated carbocycles. The molecule has 1 unspecified atom stereocenters. The van der Waals surface area contributed by atoms with Gasteiger partial charge in [0.2, 0.25) is 0 Å². The van der Waals surface area contributed by atoms with E-state index in [-0.39, 0.29) is 12.4 Å². The van der Waals surface area contributed by atoms with Crippen molar-refractivity contribution in [3.63, 3.8) is 0 Å². The van der Waals surface area contributed by atoms with Gasteiger partial charge in [-0.25, -0.2) is 9.36 Å². The molecule has 1 saturated heterocycles. The van der Waals surface area contributed by atoms with Crippen LogP contribution in [0.1, 0.15) is 27.0 Å². The van der Waals surface area contributed by atoms with Crippen LogP contribution in [0.3, 0.4) is 0 Å². The third-order valence-corrected chi connectivity index (χ3v) is 7.46. The summed E-state index contributed by atoms with van der Waals surface area (Å²) in [6, 6.07) is 7.74. The molecule has 1 aromatic carbocycles. The number of hydrogen-bond acceptors (Lipinski definition) is 10. The predicted octanol–water partition coefficient (Wildman–Crippen LogP) is 1.72. The standard InChI is InChI=1S/C22H26ClN4O9P/c1-4-33-19(30)13(2)26-37(32,36-15-7-5-14(23)6-8-15)34-11-16-18(29)22(3,12-24)20(35-16)27-10-9-17(28)25-21(27)31/h5-10,13,16,18,20,29H,4,11H2,1-3H3,(H,26,32)(H,25,28,31)/t13-,16+,18+,20+,22+,37?/m0/s1. The van der Waals surface area contributed by atoms with E-state index in [1.165, 1.54) is 38.1 Å². The highest BCUT2D eigenvalue weighted by Gasteiger charge is 2.55. The van der Waals surface area contributed by atoms with Crippen molar-refractivity contribution in [1.82, 2.24) is 14.6 Å². The molecule has 0 amide bonds. The van der Waals surface area contributed by atoms with E-state index in [2.05, 4.69) is 10.1 Å². The zero-order valence-electron chi connectivity index (χ0n) is 20.1. The van der Waals surface area contributed by atoms with E-state index in [0.29, 0.717) is 5.02 Å². The van der Waals surface area contributed by atoms with Crippen molar-refractivity contribution in [2.24, 2.45) is 5.41 Å². The minimum Gasteiger partial charge on any atom is -0.465 e. The molecule has 1 fully saturated rings. The molecule has 2 heterocycles. The number of H-pyrrole nitrogens is 1. The van der Waals surface area contributed by atoms with Gasteiger partial charge in [0.25, 0.3) is 5.56 Å². The van der Waals surface area contributed by atoms with Crippen molar-refractivity contribution in [3.8, 4) is 11.8 Å². The largest absolute Gasteiger partial charge is 0.465 e. The van der Waals surface area contributed by atoms with Crippen LogP contribution in [-0.2, 0) is 23.4 Å². The number of aromatic nitrogens is 2. The number of aliphatic hydroxyl groups excluding tert-OH is 1. The SMILES string of the molecule is CCOC(=O)[C@H](C)NP(=O)(OC[C@H]1O[C@@H](n2ccc(=O)[nH]c2=O)[C@](C)(C#N)[C@@H]1O)Oc1ccc(Cl)cc1. The number of hydrogen-bond donors (Lipinski definition) is 3. The van der Waals surface area contributed by atoms with Crippen LogP contribution in [0, 0.1) is 16.7 Å². The fraction of sp³-hybridized carbons (Fsp3) is 0.455. The van der Waals surface area contributed by atoms with Crippen LogP contribution in [0.15, 0.2) is 46.1 Å². The van der Waals surface area contributed by atoms with Gasteiger partial charge in [-0.3, -0.25) is 23.7 Å². The highest BCUT2D eigenvalue weighted by Crippen LogP contribution is 2.48. The second-order valence-electron chi connectivity index (χ2n) is 8.32. The van der Waals surface area contributed by atoms with Crippen LogP contribution < -0.4 is 20.9 Å². The number of nitrogens with one attached hydrogen (secondary N) is 2. The molecule has 2 aromatic rings. The number of benzene rings is 1. The van der Waals surface area contributed by atoms with Crippen molar-refractivity contribution in [1.29, 1.82) is 5.26 Å². The second-order valence-corrected chi connectivity index (χ2v) is 10.5. The first-order valence-electron chi connectivity index (χ1n) is 11.1. The van der Waals surface area contributed by atoms with Crippen LogP contribution in [0.25, 0.3) is 0 Å². The summed E-state index contributed by atoms with van der Waals surface area (Å²) in [6.07, 6.45) is -2.94. The van der Waals surface area contributed by atoms with E-state index < -0.39 is 61.5 Å². The normalized spacial score (nSPS) is 25.6. The molecule has 0 spiro atoms. The molecule has 1 aromatic heterocycles. The topological polar surface area (TPSA) is 182 Å². The lowest BCUT2D eigenvalue weighted by Gasteiger charge is -2.26. The van der Waals surface area contributed by atoms with Crippen molar-refractivity contribution in [3.05, 3.63) is 62.4 Å². The second kappa shape index (κ2) is 11.6. The molecular weight excluding hydrogens is 531 g/mol. The Morgan fingerprint density at radius 2 is 2.05 bits per heavy atom. The molecule has 0 aliphatic carbocycles. The Morgan fingerprint density at radius 3 is 2.65 bits per heavy atom. The molecule has 3 N–H and O–H groups in total. The van der Waals surface area contributed by atoms with Crippen LogP contribution in [-0.4, -0.2) is 52.1 Å². The number of halogens is 1. The monoisotopic (exact) mass is 556 g/mol. The number of aromatic amines is 1. The maximum absolute atomic E-state index is 13.6. The molecule has 1 aliphatic heterocycles. The van der Waals surface area contributed by atoms with Gasteiger partial charge >= 0.3 is 19.4 Å². The third-order valence-electron chi connectivity index (χ3n) is 5.57. The van der Waals surface area contributed by atoms with Crippen molar-refractivity contribution in [2.75, 3.05) is 13.2 Å². The Kier molecular flexibility index (Phi) is 8.96. The molecule has 1 aliphatic rings. The lowest BCUT2D eigenvalue weighted by atomic mass is 9.84. The Morgan fingerprint density at radius 1 is 1.38 bits per heavy atom. The highest BCUT2D eigenvalue weighted by molar-refractivity contribution is 7.52. The molecule has 15 heteroatoms. The first kappa shape index (κ1) is 28.6. The van der Waals surface area contributed by atoms with E-state index in [0.717, 1.165) is 16.8 Å². The number of ether oxygens (including phenoxy) is 2. The fourth-order valence-corrected chi connectivity index (χ4v) is 5.21. The van der Waals surface area contributed by atoms with Crippen LogP contribution in [0.2, 0.25) is 5.02 Å². The van der Waals surface area contributed by atoms with Crippen molar-refractivity contribution in [2.45, 2.75) is 45.2 Å². The van der Waals surface area contributed by atoms with E-state index in [1.54, 1.807) is 6.92 Å². The molecule has 6 atom stereocenters. The highest BCUT2D eigenvalue weighted by atomic mass is 35.5. The lowest BCUT2D eigenvalue weighted by molar-refractivity contribution is -0.144. The number of nitriles is 1. The minimum atomic E-state index is -4.31. The van der Waals surface area contributed by atoms with Gasteiger partial charge in [-0.2, -0.15) is 10.3 Å². The molecule has 200 valence electrons. The Labute approximate surface area is 216 Å². The maximum atomic E-state index is 13.6. The summed E-state index contributed by atoms with van der Waals surface area (Å²) in [6.45, 7) is 3.89. The van der Waals surface area contributed by atoms with E-state index >= 15 is 0 Å². The molecule has 37 heavy (non-hydrogen) atoms. The Hall–Kier alpha value is -2.98. The Bertz CT molecular complexity index is 1320. The van der Waals surface area contributed by atoms with Gasteiger partial charge in [0, 0.05) is 17.3 Å². The van der Waals surface area contributed by atoms with Crippen molar-refractivity contribution >= 4 is 25.3 Å².